The Kier molecular flexibility index (Phi) is 5.84. The predicted molar refractivity (Wildman–Crippen MR) is 79.5 cm³/mol. The van der Waals surface area contributed by atoms with E-state index in [-0.39, 0.29) is 12.6 Å². The number of hydrogen-bond acceptors (Lipinski definition) is 3. The van der Waals surface area contributed by atoms with E-state index in [1.807, 2.05) is 0 Å². The number of rotatable bonds is 5. The van der Waals surface area contributed by atoms with Crippen molar-refractivity contribution in [3.63, 3.8) is 0 Å². The SMILES string of the molecule is CC1CCCCC1CNS(=O)(=O)N1CCCCC1CO. The average Bonchev–Trinajstić information content (AvgIpc) is 2.46. The van der Waals surface area contributed by atoms with E-state index in [4.69, 9.17) is 0 Å². The fourth-order valence-corrected chi connectivity index (χ4v) is 4.99. The Labute approximate surface area is 122 Å². The molecule has 0 amide bonds. The van der Waals surface area contributed by atoms with Gasteiger partial charge in [0.1, 0.15) is 0 Å². The van der Waals surface area contributed by atoms with Crippen LogP contribution in [0.3, 0.4) is 0 Å². The van der Waals surface area contributed by atoms with Crippen molar-refractivity contribution in [2.24, 2.45) is 11.8 Å². The molecule has 1 heterocycles. The predicted octanol–water partition coefficient (Wildman–Crippen LogP) is 1.49. The van der Waals surface area contributed by atoms with Gasteiger partial charge in [-0.15, -0.1) is 0 Å². The molecule has 0 aromatic rings. The van der Waals surface area contributed by atoms with Gasteiger partial charge < -0.3 is 5.11 Å². The fourth-order valence-electron chi connectivity index (χ4n) is 3.46. The molecular formula is C14H28N2O3S. The Morgan fingerprint density at radius 2 is 1.85 bits per heavy atom. The maximum absolute atomic E-state index is 12.4. The molecule has 2 rings (SSSR count). The van der Waals surface area contributed by atoms with Gasteiger partial charge in [-0.2, -0.15) is 12.7 Å². The monoisotopic (exact) mass is 304 g/mol. The van der Waals surface area contributed by atoms with Gasteiger partial charge in [-0.05, 0) is 31.1 Å². The van der Waals surface area contributed by atoms with E-state index in [0.717, 1.165) is 25.7 Å². The largest absolute Gasteiger partial charge is 0.395 e. The molecule has 6 heteroatoms. The second-order valence-corrected chi connectivity index (χ2v) is 8.03. The molecule has 0 aromatic heterocycles. The Morgan fingerprint density at radius 1 is 1.15 bits per heavy atom. The number of nitrogens with zero attached hydrogens (tertiary/aromatic N) is 1. The van der Waals surface area contributed by atoms with Gasteiger partial charge in [0.05, 0.1) is 6.61 Å². The highest BCUT2D eigenvalue weighted by Crippen LogP contribution is 2.29. The molecule has 2 N–H and O–H groups in total. The van der Waals surface area contributed by atoms with E-state index in [1.54, 1.807) is 0 Å². The van der Waals surface area contributed by atoms with Crippen LogP contribution in [0.4, 0.5) is 0 Å². The van der Waals surface area contributed by atoms with Crippen LogP contribution < -0.4 is 4.72 Å². The molecule has 1 aliphatic carbocycles. The highest BCUT2D eigenvalue weighted by molar-refractivity contribution is 7.87. The lowest BCUT2D eigenvalue weighted by Crippen LogP contribution is -2.51. The van der Waals surface area contributed by atoms with Crippen LogP contribution in [-0.2, 0) is 10.2 Å². The third kappa shape index (κ3) is 3.93. The minimum atomic E-state index is -3.44. The van der Waals surface area contributed by atoms with E-state index in [9.17, 15) is 13.5 Å². The third-order valence-electron chi connectivity index (χ3n) is 4.91. The smallest absolute Gasteiger partial charge is 0.279 e. The standard InChI is InChI=1S/C14H28N2O3S/c1-12-6-2-3-7-13(12)10-15-20(18,19)16-9-5-4-8-14(16)11-17/h12-15,17H,2-11H2,1H3. The quantitative estimate of drug-likeness (QED) is 0.808. The molecule has 118 valence electrons. The van der Waals surface area contributed by atoms with Crippen molar-refractivity contribution in [3.05, 3.63) is 0 Å². The summed E-state index contributed by atoms with van der Waals surface area (Å²) < 4.78 is 29.1. The minimum absolute atomic E-state index is 0.0826. The first-order chi connectivity index (χ1) is 9.54. The topological polar surface area (TPSA) is 69.6 Å². The Bertz CT molecular complexity index is 399. The van der Waals surface area contributed by atoms with Crippen LogP contribution in [0.2, 0.25) is 0 Å². The number of piperidine rings is 1. The summed E-state index contributed by atoms with van der Waals surface area (Å²) in [7, 11) is -3.44. The number of nitrogens with one attached hydrogen (secondary N) is 1. The molecule has 20 heavy (non-hydrogen) atoms. The maximum Gasteiger partial charge on any atom is 0.279 e. The Morgan fingerprint density at radius 3 is 2.55 bits per heavy atom. The lowest BCUT2D eigenvalue weighted by atomic mass is 9.81. The molecule has 2 aliphatic rings. The summed E-state index contributed by atoms with van der Waals surface area (Å²) in [4.78, 5) is 0. The Hall–Kier alpha value is -0.170. The summed E-state index contributed by atoms with van der Waals surface area (Å²) in [6.45, 7) is 3.20. The zero-order chi connectivity index (χ0) is 14.6. The van der Waals surface area contributed by atoms with E-state index in [1.165, 1.54) is 23.6 Å². The second kappa shape index (κ2) is 7.20. The highest BCUT2D eigenvalue weighted by Gasteiger charge is 2.32. The second-order valence-electron chi connectivity index (χ2n) is 6.32. The van der Waals surface area contributed by atoms with Crippen molar-refractivity contribution in [1.29, 1.82) is 0 Å². The first-order valence-corrected chi connectivity index (χ1v) is 9.36. The maximum atomic E-state index is 12.4. The summed E-state index contributed by atoms with van der Waals surface area (Å²) in [5.74, 6) is 1.05. The first kappa shape index (κ1) is 16.2. The summed E-state index contributed by atoms with van der Waals surface area (Å²) in [6, 6.07) is -0.245. The van der Waals surface area contributed by atoms with Gasteiger partial charge in [0.25, 0.3) is 10.2 Å². The van der Waals surface area contributed by atoms with Crippen molar-refractivity contribution in [3.8, 4) is 0 Å². The van der Waals surface area contributed by atoms with Crippen molar-refractivity contribution in [1.82, 2.24) is 9.03 Å². The van der Waals surface area contributed by atoms with Crippen LogP contribution in [0, 0.1) is 11.8 Å². The summed E-state index contributed by atoms with van der Waals surface area (Å²) in [6.07, 6.45) is 7.44. The average molecular weight is 304 g/mol. The molecule has 1 saturated carbocycles. The summed E-state index contributed by atoms with van der Waals surface area (Å²) in [5, 5.41) is 9.35. The van der Waals surface area contributed by atoms with Crippen LogP contribution in [0.5, 0.6) is 0 Å². The van der Waals surface area contributed by atoms with E-state index >= 15 is 0 Å². The normalized spacial score (nSPS) is 33.2. The van der Waals surface area contributed by atoms with Crippen LogP contribution >= 0.6 is 0 Å². The number of aliphatic hydroxyl groups is 1. The Balaban J connectivity index is 1.92. The summed E-state index contributed by atoms with van der Waals surface area (Å²) >= 11 is 0. The van der Waals surface area contributed by atoms with Crippen LogP contribution in [0.25, 0.3) is 0 Å². The molecule has 1 aliphatic heterocycles. The van der Waals surface area contributed by atoms with Gasteiger partial charge in [-0.3, -0.25) is 0 Å². The molecule has 3 unspecified atom stereocenters. The van der Waals surface area contributed by atoms with Gasteiger partial charge in [0.2, 0.25) is 0 Å². The zero-order valence-electron chi connectivity index (χ0n) is 12.4. The number of hydrogen-bond donors (Lipinski definition) is 2. The van der Waals surface area contributed by atoms with Gasteiger partial charge in [-0.25, -0.2) is 4.72 Å². The first-order valence-electron chi connectivity index (χ1n) is 7.92. The molecule has 5 nitrogen and oxygen atoms in total. The van der Waals surface area contributed by atoms with Gasteiger partial charge in [0.15, 0.2) is 0 Å². The third-order valence-corrected chi connectivity index (χ3v) is 6.54. The van der Waals surface area contributed by atoms with Gasteiger partial charge >= 0.3 is 0 Å². The molecule has 0 aromatic carbocycles. The minimum Gasteiger partial charge on any atom is -0.395 e. The molecule has 0 spiro atoms. The number of aliphatic hydroxyl groups excluding tert-OH is 1. The molecule has 2 fully saturated rings. The highest BCUT2D eigenvalue weighted by atomic mass is 32.2. The molecule has 3 atom stereocenters. The van der Waals surface area contributed by atoms with Crippen molar-refractivity contribution < 1.29 is 13.5 Å². The summed E-state index contributed by atoms with van der Waals surface area (Å²) in [5.41, 5.74) is 0. The molecule has 0 radical (unpaired) electrons. The van der Waals surface area contributed by atoms with Gasteiger partial charge in [0, 0.05) is 19.1 Å². The van der Waals surface area contributed by atoms with Crippen molar-refractivity contribution >= 4 is 10.2 Å². The van der Waals surface area contributed by atoms with E-state index in [0.29, 0.717) is 24.9 Å². The molecule has 1 saturated heterocycles. The van der Waals surface area contributed by atoms with Gasteiger partial charge in [-0.1, -0.05) is 32.6 Å². The van der Waals surface area contributed by atoms with Crippen molar-refractivity contribution in [2.75, 3.05) is 19.7 Å². The fraction of sp³-hybridized carbons (Fsp3) is 1.00. The van der Waals surface area contributed by atoms with Crippen molar-refractivity contribution in [2.45, 2.75) is 57.9 Å². The van der Waals surface area contributed by atoms with E-state index in [2.05, 4.69) is 11.6 Å². The van der Waals surface area contributed by atoms with Crippen LogP contribution in [-0.4, -0.2) is 43.6 Å². The van der Waals surface area contributed by atoms with Crippen LogP contribution in [0.15, 0.2) is 0 Å². The lowest BCUT2D eigenvalue weighted by molar-refractivity contribution is 0.153. The molecular weight excluding hydrogens is 276 g/mol. The van der Waals surface area contributed by atoms with E-state index < -0.39 is 10.2 Å². The lowest BCUT2D eigenvalue weighted by Gasteiger charge is -2.35. The zero-order valence-corrected chi connectivity index (χ0v) is 13.2. The van der Waals surface area contributed by atoms with Crippen LogP contribution in [0.1, 0.15) is 51.9 Å². The molecule has 0 bridgehead atoms.